The van der Waals surface area contributed by atoms with Gasteiger partial charge in [-0.3, -0.25) is 9.59 Å². The van der Waals surface area contributed by atoms with Crippen LogP contribution in [0.15, 0.2) is 82.6 Å². The minimum Gasteiger partial charge on any atom is -0.323 e. The lowest BCUT2D eigenvalue weighted by Gasteiger charge is -2.29. The predicted octanol–water partition coefficient (Wildman–Crippen LogP) is 6.81. The van der Waals surface area contributed by atoms with Crippen molar-refractivity contribution in [3.63, 3.8) is 0 Å². The van der Waals surface area contributed by atoms with Crippen LogP contribution in [0.1, 0.15) is 56.9 Å². The van der Waals surface area contributed by atoms with Gasteiger partial charge >= 0.3 is 6.18 Å². The molecule has 0 aromatic heterocycles. The van der Waals surface area contributed by atoms with Crippen LogP contribution in [0.4, 0.5) is 24.5 Å². The van der Waals surface area contributed by atoms with Crippen LogP contribution in [0, 0.1) is 0 Å². The summed E-state index contributed by atoms with van der Waals surface area (Å²) in [6.45, 7) is 0. The number of hydrogen-bond donors (Lipinski definition) is 2. The molecule has 0 unspecified atom stereocenters. The summed E-state index contributed by atoms with van der Waals surface area (Å²) >= 11 is 6.49. The number of halogens is 4. The zero-order chi connectivity index (χ0) is 32.7. The number of hydrogen-bond acceptors (Lipinski definition) is 6. The van der Waals surface area contributed by atoms with Crippen LogP contribution >= 0.6 is 11.6 Å². The summed E-state index contributed by atoms with van der Waals surface area (Å²) in [7, 11) is -8.55. The van der Waals surface area contributed by atoms with E-state index in [9.17, 15) is 39.6 Å². The number of sulfone groups is 2. The van der Waals surface area contributed by atoms with Crippen LogP contribution in [0.25, 0.3) is 0 Å². The molecule has 0 spiro atoms. The highest BCUT2D eigenvalue weighted by atomic mass is 35.5. The molecule has 8 nitrogen and oxygen atoms in total. The minimum atomic E-state index is -4.97. The fraction of sp³-hybridized carbons (Fsp3) is 0.355. The first kappa shape index (κ1) is 33.0. The quantitative estimate of drug-likeness (QED) is 0.269. The Hall–Kier alpha value is -3.42. The molecule has 2 N–H and O–H groups in total. The first-order chi connectivity index (χ1) is 21.2. The van der Waals surface area contributed by atoms with Crippen LogP contribution in [-0.4, -0.2) is 38.1 Å². The minimum absolute atomic E-state index is 0.0594. The smallest absolute Gasteiger partial charge is 0.323 e. The zero-order valence-electron chi connectivity index (χ0n) is 23.9. The first-order valence-electron chi connectivity index (χ1n) is 14.3. The third-order valence-electron chi connectivity index (χ3n) is 8.68. The van der Waals surface area contributed by atoms with Crippen molar-refractivity contribution in [2.75, 3.05) is 10.6 Å². The van der Waals surface area contributed by atoms with Gasteiger partial charge in [0.15, 0.2) is 29.2 Å². The van der Waals surface area contributed by atoms with Crippen LogP contribution < -0.4 is 10.6 Å². The van der Waals surface area contributed by atoms with Crippen molar-refractivity contribution in [2.24, 2.45) is 0 Å². The summed E-state index contributed by atoms with van der Waals surface area (Å²) in [5.41, 5.74) is -2.45. The average Bonchev–Trinajstić information content (AvgIpc) is 3.72. The van der Waals surface area contributed by atoms with Crippen molar-refractivity contribution >= 4 is 54.5 Å². The van der Waals surface area contributed by atoms with Gasteiger partial charge in [-0.1, -0.05) is 73.7 Å². The van der Waals surface area contributed by atoms with E-state index in [1.54, 1.807) is 12.1 Å². The number of carbonyl (C=O) groups is 2. The van der Waals surface area contributed by atoms with Crippen molar-refractivity contribution in [2.45, 2.75) is 76.8 Å². The Morgan fingerprint density at radius 1 is 0.644 bits per heavy atom. The Morgan fingerprint density at radius 3 is 1.29 bits per heavy atom. The SMILES string of the molecule is O=C(Nc1cc(C(F)(F)F)cc(NC(=O)C2(S(=O)(=O)c3ccccc3)CCCC2)c1Cl)C1(S(=O)(=O)c2ccccc2)CCCC1. The van der Waals surface area contributed by atoms with E-state index in [2.05, 4.69) is 10.6 Å². The molecule has 0 atom stereocenters. The lowest BCUT2D eigenvalue weighted by atomic mass is 10.0. The molecule has 0 radical (unpaired) electrons. The van der Waals surface area contributed by atoms with Crippen LogP contribution in [-0.2, 0) is 35.4 Å². The second-order valence-corrected chi connectivity index (χ2v) is 16.2. The number of carbonyl (C=O) groups excluding carboxylic acids is 2. The Balaban J connectivity index is 1.54. The van der Waals surface area contributed by atoms with E-state index in [4.69, 9.17) is 11.6 Å². The molecule has 240 valence electrons. The predicted molar refractivity (Wildman–Crippen MR) is 163 cm³/mol. The molecule has 3 aromatic carbocycles. The molecule has 0 aliphatic heterocycles. The Morgan fingerprint density at radius 2 is 0.978 bits per heavy atom. The maximum atomic E-state index is 14.1. The van der Waals surface area contributed by atoms with Crippen LogP contribution in [0.3, 0.4) is 0 Å². The molecular formula is C31H30ClF3N2O6S2. The summed E-state index contributed by atoms with van der Waals surface area (Å²) in [5.74, 6) is -2.11. The molecule has 14 heteroatoms. The van der Waals surface area contributed by atoms with E-state index in [1.165, 1.54) is 48.5 Å². The van der Waals surface area contributed by atoms with Gasteiger partial charge in [-0.25, -0.2) is 16.8 Å². The monoisotopic (exact) mass is 682 g/mol. The normalized spacial score (nSPS) is 18.0. The van der Waals surface area contributed by atoms with Crippen molar-refractivity contribution in [3.05, 3.63) is 83.4 Å². The molecule has 5 rings (SSSR count). The molecule has 45 heavy (non-hydrogen) atoms. The number of benzene rings is 3. The second kappa shape index (κ2) is 12.1. The van der Waals surface area contributed by atoms with Crippen molar-refractivity contribution in [1.29, 1.82) is 0 Å². The van der Waals surface area contributed by atoms with Crippen molar-refractivity contribution in [3.8, 4) is 0 Å². The lowest BCUT2D eigenvalue weighted by Crippen LogP contribution is -2.48. The number of nitrogens with one attached hydrogen (secondary N) is 2. The fourth-order valence-corrected chi connectivity index (χ4v) is 10.6. The van der Waals surface area contributed by atoms with E-state index in [0.29, 0.717) is 37.8 Å². The van der Waals surface area contributed by atoms with Gasteiger partial charge in [0.25, 0.3) is 0 Å². The van der Waals surface area contributed by atoms with Crippen molar-refractivity contribution < 1.29 is 39.6 Å². The maximum absolute atomic E-state index is 14.1. The van der Waals surface area contributed by atoms with Gasteiger partial charge in [0.2, 0.25) is 11.8 Å². The summed E-state index contributed by atoms with van der Waals surface area (Å²) in [6.07, 6.45) is -3.61. The molecule has 2 amide bonds. The molecule has 2 saturated carbocycles. The number of amides is 2. The van der Waals surface area contributed by atoms with E-state index in [-0.39, 0.29) is 35.5 Å². The lowest BCUT2D eigenvalue weighted by molar-refractivity contribution is -0.137. The zero-order valence-corrected chi connectivity index (χ0v) is 26.3. The van der Waals surface area contributed by atoms with Gasteiger partial charge < -0.3 is 10.6 Å². The Labute approximate surface area is 264 Å². The van der Waals surface area contributed by atoms with E-state index in [0.717, 1.165) is 0 Å². The largest absolute Gasteiger partial charge is 0.416 e. The maximum Gasteiger partial charge on any atom is 0.416 e. The van der Waals surface area contributed by atoms with E-state index < -0.39 is 69.1 Å². The molecule has 0 heterocycles. The highest BCUT2D eigenvalue weighted by Crippen LogP contribution is 2.45. The average molecular weight is 683 g/mol. The number of alkyl halides is 3. The summed E-state index contributed by atoms with van der Waals surface area (Å²) < 4.78 is 93.1. The van der Waals surface area contributed by atoms with Gasteiger partial charge in [-0.05, 0) is 62.1 Å². The van der Waals surface area contributed by atoms with E-state index in [1.807, 2.05) is 0 Å². The van der Waals surface area contributed by atoms with Gasteiger partial charge in [0.05, 0.1) is 31.8 Å². The summed E-state index contributed by atoms with van der Waals surface area (Å²) in [6, 6.07) is 15.7. The van der Waals surface area contributed by atoms with Crippen LogP contribution in [0.5, 0.6) is 0 Å². The Bertz CT molecular complexity index is 1700. The molecule has 2 fully saturated rings. The van der Waals surface area contributed by atoms with Gasteiger partial charge in [0, 0.05) is 0 Å². The molecule has 0 bridgehead atoms. The first-order valence-corrected chi connectivity index (χ1v) is 17.6. The van der Waals surface area contributed by atoms with Crippen molar-refractivity contribution in [1.82, 2.24) is 0 Å². The summed E-state index contributed by atoms with van der Waals surface area (Å²) in [5, 5.41) is 4.11. The third-order valence-corrected chi connectivity index (χ3v) is 14.1. The highest BCUT2D eigenvalue weighted by Gasteiger charge is 2.54. The topological polar surface area (TPSA) is 126 Å². The standard InChI is InChI=1S/C31H30ClF3N2O6S2/c32-26-24(36-27(38)29(15-7-8-16-29)44(40,41)22-11-3-1-4-12-22)19-21(31(33,34)35)20-25(26)37-28(39)30(17-9-10-18-30)45(42,43)23-13-5-2-6-14-23/h1-6,11-14,19-20H,7-10,15-18H2,(H,36,38)(H,37,39). The fourth-order valence-electron chi connectivity index (χ4n) is 6.22. The number of anilines is 2. The van der Waals surface area contributed by atoms with Gasteiger partial charge in [0.1, 0.15) is 0 Å². The van der Waals surface area contributed by atoms with Gasteiger partial charge in [-0.15, -0.1) is 0 Å². The van der Waals surface area contributed by atoms with Crippen LogP contribution in [0.2, 0.25) is 5.02 Å². The number of rotatable bonds is 8. The second-order valence-electron chi connectivity index (χ2n) is 11.3. The molecule has 2 aliphatic rings. The third kappa shape index (κ3) is 5.74. The summed E-state index contributed by atoms with van der Waals surface area (Å²) in [4.78, 5) is 27.3. The van der Waals surface area contributed by atoms with Gasteiger partial charge in [-0.2, -0.15) is 13.2 Å². The molecule has 3 aromatic rings. The Kier molecular flexibility index (Phi) is 8.84. The molecule has 2 aliphatic carbocycles. The highest BCUT2D eigenvalue weighted by molar-refractivity contribution is 7.94. The molecule has 0 saturated heterocycles. The van der Waals surface area contributed by atoms with E-state index >= 15 is 0 Å². The molecular weight excluding hydrogens is 653 g/mol.